The number of fused-ring (bicyclic) bond motifs is 1. The van der Waals surface area contributed by atoms with Crippen molar-refractivity contribution in [3.8, 4) is 0 Å². The van der Waals surface area contributed by atoms with Gasteiger partial charge in [-0.2, -0.15) is 0 Å². The van der Waals surface area contributed by atoms with Crippen LogP contribution in [0.3, 0.4) is 0 Å². The van der Waals surface area contributed by atoms with Crippen molar-refractivity contribution in [2.24, 2.45) is 5.73 Å². The smallest absolute Gasteiger partial charge is 0.262 e. The normalized spacial score (nSPS) is 11.1. The third-order valence-corrected chi connectivity index (χ3v) is 5.55. The number of rotatable bonds is 6. The van der Waals surface area contributed by atoms with Crippen LogP contribution in [0.1, 0.15) is 40.0 Å². The zero-order chi connectivity index (χ0) is 19.7. The number of benzene rings is 1. The van der Waals surface area contributed by atoms with E-state index in [0.29, 0.717) is 27.2 Å². The van der Waals surface area contributed by atoms with Gasteiger partial charge in [0.1, 0.15) is 22.3 Å². The SMILES string of the molecule is CC(=O)CCn1c(Cc2ccccc2F)nc2sc(C(N)=O)c(C)c2c1=O. The highest BCUT2D eigenvalue weighted by Gasteiger charge is 2.21. The predicted molar refractivity (Wildman–Crippen MR) is 102 cm³/mol. The number of halogens is 1. The Labute approximate surface area is 158 Å². The van der Waals surface area contributed by atoms with Gasteiger partial charge in [-0.25, -0.2) is 9.37 Å². The van der Waals surface area contributed by atoms with Crippen LogP contribution in [0.15, 0.2) is 29.1 Å². The lowest BCUT2D eigenvalue weighted by Gasteiger charge is -2.12. The quantitative estimate of drug-likeness (QED) is 0.703. The molecule has 2 N–H and O–H groups in total. The number of amides is 1. The van der Waals surface area contributed by atoms with Crippen LogP contribution in [-0.2, 0) is 17.8 Å². The van der Waals surface area contributed by atoms with Crippen molar-refractivity contribution >= 4 is 33.2 Å². The third kappa shape index (κ3) is 3.66. The lowest BCUT2D eigenvalue weighted by Crippen LogP contribution is -2.26. The number of thiophene rings is 1. The number of carbonyl (C=O) groups is 2. The molecule has 0 atom stereocenters. The molecule has 0 aliphatic rings. The fraction of sp³-hybridized carbons (Fsp3) is 0.263. The number of aryl methyl sites for hydroxylation is 1. The molecule has 1 aromatic carbocycles. The fourth-order valence-corrected chi connectivity index (χ4v) is 3.98. The van der Waals surface area contributed by atoms with E-state index in [4.69, 9.17) is 5.73 Å². The van der Waals surface area contributed by atoms with Gasteiger partial charge in [-0.1, -0.05) is 18.2 Å². The highest BCUT2D eigenvalue weighted by molar-refractivity contribution is 7.20. The van der Waals surface area contributed by atoms with Crippen LogP contribution in [0.4, 0.5) is 4.39 Å². The largest absolute Gasteiger partial charge is 0.365 e. The van der Waals surface area contributed by atoms with Gasteiger partial charge in [-0.05, 0) is 31.0 Å². The van der Waals surface area contributed by atoms with Gasteiger partial charge in [-0.3, -0.25) is 19.0 Å². The van der Waals surface area contributed by atoms with Gasteiger partial charge in [0.15, 0.2) is 0 Å². The van der Waals surface area contributed by atoms with E-state index in [1.165, 1.54) is 17.6 Å². The van der Waals surface area contributed by atoms with Gasteiger partial charge in [-0.15, -0.1) is 11.3 Å². The molecular weight excluding hydrogens is 369 g/mol. The lowest BCUT2D eigenvalue weighted by atomic mass is 10.1. The first-order chi connectivity index (χ1) is 12.8. The van der Waals surface area contributed by atoms with Gasteiger partial charge in [0.05, 0.1) is 10.3 Å². The zero-order valence-electron chi connectivity index (χ0n) is 14.9. The number of ketones is 1. The standard InChI is InChI=1S/C19H18FN3O3S/c1-10(24)7-8-23-14(9-12-5-3-4-6-13(12)20)22-18-15(19(23)26)11(2)16(27-18)17(21)25/h3-6H,7-9H2,1-2H3,(H2,21,25). The average molecular weight is 387 g/mol. The summed E-state index contributed by atoms with van der Waals surface area (Å²) in [5, 5.41) is 0.314. The second-order valence-electron chi connectivity index (χ2n) is 6.31. The molecule has 0 bridgehead atoms. The number of hydrogen-bond donors (Lipinski definition) is 1. The van der Waals surface area contributed by atoms with Gasteiger partial charge in [0, 0.05) is 19.4 Å². The summed E-state index contributed by atoms with van der Waals surface area (Å²) in [5.41, 5.74) is 5.91. The summed E-state index contributed by atoms with van der Waals surface area (Å²) in [6.07, 6.45) is 0.252. The molecule has 0 spiro atoms. The third-order valence-electron chi connectivity index (χ3n) is 4.35. The summed E-state index contributed by atoms with van der Waals surface area (Å²) in [5.74, 6) is -0.749. The Bertz CT molecular complexity index is 1120. The molecule has 0 saturated heterocycles. The van der Waals surface area contributed by atoms with Crippen molar-refractivity contribution in [3.63, 3.8) is 0 Å². The maximum absolute atomic E-state index is 14.1. The molecule has 2 aromatic heterocycles. The Hall–Kier alpha value is -2.87. The molecule has 8 heteroatoms. The molecule has 2 heterocycles. The first-order valence-corrected chi connectivity index (χ1v) is 9.16. The van der Waals surface area contributed by atoms with E-state index in [9.17, 15) is 18.8 Å². The second kappa shape index (κ2) is 7.40. The van der Waals surface area contributed by atoms with Crippen molar-refractivity contribution in [1.82, 2.24) is 9.55 Å². The minimum atomic E-state index is -0.624. The lowest BCUT2D eigenvalue weighted by molar-refractivity contribution is -0.117. The van der Waals surface area contributed by atoms with E-state index >= 15 is 0 Å². The van der Waals surface area contributed by atoms with Crippen LogP contribution >= 0.6 is 11.3 Å². The molecule has 0 fully saturated rings. The van der Waals surface area contributed by atoms with Crippen LogP contribution in [0.25, 0.3) is 10.2 Å². The summed E-state index contributed by atoms with van der Waals surface area (Å²) in [6, 6.07) is 6.25. The molecule has 3 aromatic rings. The number of nitrogens with zero attached hydrogens (tertiary/aromatic N) is 2. The van der Waals surface area contributed by atoms with Gasteiger partial charge < -0.3 is 5.73 Å². The average Bonchev–Trinajstić information content (AvgIpc) is 2.93. The molecule has 27 heavy (non-hydrogen) atoms. The van der Waals surface area contributed by atoms with Crippen molar-refractivity contribution < 1.29 is 14.0 Å². The Morgan fingerprint density at radius 3 is 2.63 bits per heavy atom. The van der Waals surface area contributed by atoms with E-state index < -0.39 is 11.7 Å². The van der Waals surface area contributed by atoms with Crippen LogP contribution in [-0.4, -0.2) is 21.2 Å². The molecule has 3 rings (SSSR count). The van der Waals surface area contributed by atoms with Crippen molar-refractivity contribution in [2.45, 2.75) is 33.2 Å². The minimum absolute atomic E-state index is 0.0706. The summed E-state index contributed by atoms with van der Waals surface area (Å²) in [6.45, 7) is 3.23. The summed E-state index contributed by atoms with van der Waals surface area (Å²) < 4.78 is 15.5. The Morgan fingerprint density at radius 1 is 1.30 bits per heavy atom. The molecule has 1 amide bonds. The topological polar surface area (TPSA) is 95.0 Å². The number of hydrogen-bond acceptors (Lipinski definition) is 5. The van der Waals surface area contributed by atoms with Crippen molar-refractivity contribution in [3.05, 3.63) is 62.3 Å². The van der Waals surface area contributed by atoms with E-state index in [0.717, 1.165) is 11.3 Å². The molecule has 0 aliphatic heterocycles. The number of aromatic nitrogens is 2. The number of nitrogens with two attached hydrogens (primary N) is 1. The highest BCUT2D eigenvalue weighted by atomic mass is 32.1. The molecule has 0 saturated carbocycles. The summed E-state index contributed by atoms with van der Waals surface area (Å²) >= 11 is 1.05. The van der Waals surface area contributed by atoms with Gasteiger partial charge in [0.2, 0.25) is 0 Å². The van der Waals surface area contributed by atoms with Crippen LogP contribution < -0.4 is 11.3 Å². The van der Waals surface area contributed by atoms with Crippen molar-refractivity contribution in [2.75, 3.05) is 0 Å². The molecule has 140 valence electrons. The Kier molecular flexibility index (Phi) is 5.18. The maximum atomic E-state index is 14.1. The van der Waals surface area contributed by atoms with Crippen LogP contribution in [0, 0.1) is 12.7 Å². The minimum Gasteiger partial charge on any atom is -0.365 e. The van der Waals surface area contributed by atoms with Crippen LogP contribution in [0.5, 0.6) is 0 Å². The molecular formula is C19H18FN3O3S. The zero-order valence-corrected chi connectivity index (χ0v) is 15.7. The van der Waals surface area contributed by atoms with E-state index in [1.807, 2.05) is 0 Å². The molecule has 0 radical (unpaired) electrons. The highest BCUT2D eigenvalue weighted by Crippen LogP contribution is 2.27. The number of carbonyl (C=O) groups excluding carboxylic acids is 2. The first kappa shape index (κ1) is 18.9. The first-order valence-electron chi connectivity index (χ1n) is 8.35. The Morgan fingerprint density at radius 2 is 2.00 bits per heavy atom. The molecule has 0 unspecified atom stereocenters. The van der Waals surface area contributed by atoms with E-state index in [1.54, 1.807) is 25.1 Å². The fourth-order valence-electron chi connectivity index (χ4n) is 2.94. The molecule has 0 aliphatic carbocycles. The number of primary amides is 1. The Balaban J connectivity index is 2.22. The van der Waals surface area contributed by atoms with Crippen LogP contribution in [0.2, 0.25) is 0 Å². The maximum Gasteiger partial charge on any atom is 0.262 e. The molecule has 6 nitrogen and oxygen atoms in total. The second-order valence-corrected chi connectivity index (χ2v) is 7.30. The van der Waals surface area contributed by atoms with Gasteiger partial charge >= 0.3 is 0 Å². The monoisotopic (exact) mass is 387 g/mol. The summed E-state index contributed by atoms with van der Waals surface area (Å²) in [4.78, 5) is 41.3. The van der Waals surface area contributed by atoms with E-state index in [2.05, 4.69) is 4.98 Å². The summed E-state index contributed by atoms with van der Waals surface area (Å²) in [7, 11) is 0. The van der Waals surface area contributed by atoms with Gasteiger partial charge in [0.25, 0.3) is 11.5 Å². The number of Topliss-reactive ketones (excluding diaryl/α,β-unsaturated/α-hetero) is 1. The predicted octanol–water partition coefficient (Wildman–Crippen LogP) is 2.57. The van der Waals surface area contributed by atoms with Crippen molar-refractivity contribution in [1.29, 1.82) is 0 Å². The van der Waals surface area contributed by atoms with E-state index in [-0.39, 0.29) is 35.6 Å².